The lowest BCUT2D eigenvalue weighted by Crippen LogP contribution is -2.30. The molecule has 0 aliphatic heterocycles. The quantitative estimate of drug-likeness (QED) is 0.331. The molecule has 0 atom stereocenters. The van der Waals surface area contributed by atoms with Gasteiger partial charge in [-0.1, -0.05) is 84.9 Å². The Kier molecular flexibility index (Phi) is 4.58. The predicted molar refractivity (Wildman–Crippen MR) is 138 cm³/mol. The Morgan fingerprint density at radius 2 is 0.879 bits per heavy atom. The van der Waals surface area contributed by atoms with Crippen molar-refractivity contribution < 1.29 is 0 Å². The van der Waals surface area contributed by atoms with E-state index >= 15 is 0 Å². The van der Waals surface area contributed by atoms with E-state index in [0.717, 1.165) is 13.1 Å². The molecular weight excluding hydrogens is 400 g/mol. The average molecular weight is 431 g/mol. The molecule has 33 heavy (non-hydrogen) atoms. The first kappa shape index (κ1) is 20.4. The van der Waals surface area contributed by atoms with Crippen LogP contribution in [0, 0.1) is 0 Å². The van der Waals surface area contributed by atoms with Crippen molar-refractivity contribution in [3.05, 3.63) is 118 Å². The summed E-state index contributed by atoms with van der Waals surface area (Å²) in [7, 11) is 8.68. The van der Waals surface area contributed by atoms with E-state index in [2.05, 4.69) is 123 Å². The van der Waals surface area contributed by atoms with Crippen molar-refractivity contribution in [1.82, 2.24) is 9.80 Å². The standard InChI is InChI=1S/C31H30N2/c1-32(2)19-21-11-9-15-25-26-16-10-12-22(20-33(3)4)30(26)31(29(21)25)27-17-7-5-13-23(27)24-14-6-8-18-28(24)31/h5-18H,19-20H2,1-4H3. The van der Waals surface area contributed by atoms with E-state index in [1.165, 1.54) is 55.6 Å². The van der Waals surface area contributed by atoms with Crippen LogP contribution in [0.2, 0.25) is 0 Å². The first-order valence-corrected chi connectivity index (χ1v) is 11.8. The average Bonchev–Trinajstić information content (AvgIpc) is 3.27. The van der Waals surface area contributed by atoms with E-state index in [0.29, 0.717) is 0 Å². The van der Waals surface area contributed by atoms with Crippen molar-refractivity contribution >= 4 is 0 Å². The van der Waals surface area contributed by atoms with Crippen LogP contribution in [0.15, 0.2) is 84.9 Å². The smallest absolute Gasteiger partial charge is 0.0731 e. The predicted octanol–water partition coefficient (Wildman–Crippen LogP) is 6.15. The summed E-state index contributed by atoms with van der Waals surface area (Å²) in [6, 6.07) is 32.0. The summed E-state index contributed by atoms with van der Waals surface area (Å²) in [5, 5.41) is 0. The van der Waals surface area contributed by atoms with E-state index < -0.39 is 0 Å². The summed E-state index contributed by atoms with van der Waals surface area (Å²) in [6.07, 6.45) is 0. The maximum Gasteiger partial charge on any atom is 0.0731 e. The third-order valence-corrected chi connectivity index (χ3v) is 7.27. The largest absolute Gasteiger partial charge is 0.305 e. The molecule has 6 rings (SSSR count). The summed E-state index contributed by atoms with van der Waals surface area (Å²) in [4.78, 5) is 4.58. The monoisotopic (exact) mass is 430 g/mol. The molecule has 0 amide bonds. The first-order chi connectivity index (χ1) is 16.0. The molecule has 2 heteroatoms. The fraction of sp³-hybridized carbons (Fsp3) is 0.226. The zero-order valence-electron chi connectivity index (χ0n) is 19.9. The Bertz CT molecular complexity index is 1270. The lowest BCUT2D eigenvalue weighted by Gasteiger charge is -2.34. The maximum absolute atomic E-state index is 2.37. The van der Waals surface area contributed by atoms with Crippen molar-refractivity contribution in [2.24, 2.45) is 0 Å². The number of hydrogen-bond donors (Lipinski definition) is 0. The zero-order valence-corrected chi connectivity index (χ0v) is 19.9. The molecule has 0 heterocycles. The molecular formula is C31H30N2. The highest BCUT2D eigenvalue weighted by Crippen LogP contribution is 2.64. The summed E-state index contributed by atoms with van der Waals surface area (Å²) in [5.41, 5.74) is 13.8. The van der Waals surface area contributed by atoms with E-state index in [1.54, 1.807) is 0 Å². The van der Waals surface area contributed by atoms with Crippen LogP contribution in [0.3, 0.4) is 0 Å². The van der Waals surface area contributed by atoms with Crippen LogP contribution in [0.5, 0.6) is 0 Å². The fourth-order valence-corrected chi connectivity index (χ4v) is 6.38. The molecule has 0 bridgehead atoms. The highest BCUT2D eigenvalue weighted by Gasteiger charge is 2.53. The maximum atomic E-state index is 2.37. The molecule has 164 valence electrons. The van der Waals surface area contributed by atoms with Crippen LogP contribution in [-0.2, 0) is 18.5 Å². The van der Waals surface area contributed by atoms with Crippen LogP contribution in [0.4, 0.5) is 0 Å². The van der Waals surface area contributed by atoms with Gasteiger partial charge in [-0.25, -0.2) is 0 Å². The van der Waals surface area contributed by atoms with Gasteiger partial charge in [0.2, 0.25) is 0 Å². The second-order valence-corrected chi connectivity index (χ2v) is 10.00. The van der Waals surface area contributed by atoms with Crippen molar-refractivity contribution in [2.75, 3.05) is 28.2 Å². The molecule has 0 unspecified atom stereocenters. The van der Waals surface area contributed by atoms with E-state index in [1.807, 2.05) is 0 Å². The van der Waals surface area contributed by atoms with Gasteiger partial charge in [-0.05, 0) is 83.8 Å². The van der Waals surface area contributed by atoms with Crippen molar-refractivity contribution in [3.63, 3.8) is 0 Å². The SMILES string of the molecule is CN(C)Cc1cccc2c1C1(c3ccccc3-c3ccccc31)c1c(CN(C)C)cccc1-2. The number of benzene rings is 4. The molecule has 2 aliphatic carbocycles. The molecule has 0 saturated carbocycles. The van der Waals surface area contributed by atoms with Gasteiger partial charge < -0.3 is 9.80 Å². The van der Waals surface area contributed by atoms with Gasteiger partial charge in [0.25, 0.3) is 0 Å². The highest BCUT2D eigenvalue weighted by molar-refractivity contribution is 5.96. The van der Waals surface area contributed by atoms with Crippen LogP contribution in [0.1, 0.15) is 33.4 Å². The molecule has 0 fully saturated rings. The molecule has 1 spiro atoms. The van der Waals surface area contributed by atoms with Gasteiger partial charge in [0.05, 0.1) is 5.41 Å². The minimum atomic E-state index is -0.281. The summed E-state index contributed by atoms with van der Waals surface area (Å²) in [6.45, 7) is 1.85. The Hall–Kier alpha value is -3.20. The molecule has 0 aromatic heterocycles. The number of fused-ring (bicyclic) bond motifs is 10. The summed E-state index contributed by atoms with van der Waals surface area (Å²) < 4.78 is 0. The molecule has 0 N–H and O–H groups in total. The lowest BCUT2D eigenvalue weighted by atomic mass is 9.68. The molecule has 4 aromatic rings. The minimum absolute atomic E-state index is 0.281. The van der Waals surface area contributed by atoms with E-state index in [9.17, 15) is 0 Å². The first-order valence-electron chi connectivity index (χ1n) is 11.8. The normalized spacial score (nSPS) is 14.5. The van der Waals surface area contributed by atoms with E-state index in [4.69, 9.17) is 0 Å². The Labute approximate surface area is 197 Å². The van der Waals surface area contributed by atoms with Crippen molar-refractivity contribution in [2.45, 2.75) is 18.5 Å². The van der Waals surface area contributed by atoms with Crippen LogP contribution < -0.4 is 0 Å². The van der Waals surface area contributed by atoms with Gasteiger partial charge in [0.1, 0.15) is 0 Å². The Morgan fingerprint density at radius 3 is 1.30 bits per heavy atom. The van der Waals surface area contributed by atoms with Crippen LogP contribution in [0.25, 0.3) is 22.3 Å². The summed E-state index contributed by atoms with van der Waals surface area (Å²) >= 11 is 0. The molecule has 4 aromatic carbocycles. The molecule has 0 radical (unpaired) electrons. The topological polar surface area (TPSA) is 6.48 Å². The van der Waals surface area contributed by atoms with Crippen molar-refractivity contribution in [3.8, 4) is 22.3 Å². The summed E-state index contributed by atoms with van der Waals surface area (Å²) in [5.74, 6) is 0. The number of nitrogens with zero attached hydrogens (tertiary/aromatic N) is 2. The number of hydrogen-bond acceptors (Lipinski definition) is 2. The lowest BCUT2D eigenvalue weighted by molar-refractivity contribution is 0.397. The third-order valence-electron chi connectivity index (χ3n) is 7.27. The van der Waals surface area contributed by atoms with Gasteiger partial charge >= 0.3 is 0 Å². The number of rotatable bonds is 4. The molecule has 0 saturated heterocycles. The Morgan fingerprint density at radius 1 is 0.485 bits per heavy atom. The minimum Gasteiger partial charge on any atom is -0.305 e. The second kappa shape index (κ2) is 7.41. The van der Waals surface area contributed by atoms with Gasteiger partial charge in [-0.15, -0.1) is 0 Å². The third kappa shape index (κ3) is 2.75. The Balaban J connectivity index is 1.82. The van der Waals surface area contributed by atoms with Gasteiger partial charge in [0, 0.05) is 13.1 Å². The fourth-order valence-electron chi connectivity index (χ4n) is 6.38. The van der Waals surface area contributed by atoms with Gasteiger partial charge in [0.15, 0.2) is 0 Å². The van der Waals surface area contributed by atoms with Crippen LogP contribution >= 0.6 is 0 Å². The second-order valence-electron chi connectivity index (χ2n) is 10.00. The van der Waals surface area contributed by atoms with Crippen molar-refractivity contribution in [1.29, 1.82) is 0 Å². The van der Waals surface area contributed by atoms with Crippen LogP contribution in [-0.4, -0.2) is 38.0 Å². The van der Waals surface area contributed by atoms with Gasteiger partial charge in [-0.2, -0.15) is 0 Å². The molecule has 2 aliphatic rings. The van der Waals surface area contributed by atoms with E-state index in [-0.39, 0.29) is 5.41 Å². The van der Waals surface area contributed by atoms with Gasteiger partial charge in [-0.3, -0.25) is 0 Å². The molecule has 2 nitrogen and oxygen atoms in total. The highest BCUT2D eigenvalue weighted by atomic mass is 15.1. The zero-order chi connectivity index (χ0) is 22.7.